The van der Waals surface area contributed by atoms with E-state index in [0.29, 0.717) is 22.9 Å². The van der Waals surface area contributed by atoms with E-state index < -0.39 is 12.0 Å². The van der Waals surface area contributed by atoms with Crippen LogP contribution in [0.15, 0.2) is 66.1 Å². The lowest BCUT2D eigenvalue weighted by Gasteiger charge is -2.35. The number of hydrogen-bond acceptors (Lipinski definition) is 6. The summed E-state index contributed by atoms with van der Waals surface area (Å²) >= 11 is 0. The van der Waals surface area contributed by atoms with Gasteiger partial charge >= 0.3 is 5.97 Å². The van der Waals surface area contributed by atoms with Crippen LogP contribution in [0.5, 0.6) is 0 Å². The third-order valence-electron chi connectivity index (χ3n) is 5.60. The molecule has 3 aromatic rings. The molecular weight excluding hydrogens is 418 g/mol. The minimum Gasteiger partial charge on any atom is -0.463 e. The Labute approximate surface area is 192 Å². The average molecular weight is 446 g/mol. The monoisotopic (exact) mass is 445 g/mol. The summed E-state index contributed by atoms with van der Waals surface area (Å²) in [7, 11) is 0. The zero-order chi connectivity index (χ0) is 23.5. The molecule has 0 radical (unpaired) electrons. The quantitative estimate of drug-likeness (QED) is 0.581. The highest BCUT2D eigenvalue weighted by molar-refractivity contribution is 5.96. The predicted molar refractivity (Wildman–Crippen MR) is 126 cm³/mol. The number of hydrogen-bond donors (Lipinski definition) is 1. The fourth-order valence-electron chi connectivity index (χ4n) is 4.02. The van der Waals surface area contributed by atoms with Crippen molar-refractivity contribution in [3.8, 4) is 0 Å². The summed E-state index contributed by atoms with van der Waals surface area (Å²) in [4.78, 5) is 32.1. The van der Waals surface area contributed by atoms with Crippen LogP contribution in [0.1, 0.15) is 36.6 Å². The van der Waals surface area contributed by atoms with Crippen LogP contribution in [0.4, 0.5) is 11.6 Å². The number of nitrogens with zero attached hydrogens (tertiary/aromatic N) is 4. The molecule has 170 valence electrons. The van der Waals surface area contributed by atoms with Gasteiger partial charge in [0.15, 0.2) is 0 Å². The lowest BCUT2D eigenvalue weighted by Crippen LogP contribution is -2.40. The van der Waals surface area contributed by atoms with Gasteiger partial charge in [-0.2, -0.15) is 10.1 Å². The molecule has 0 saturated heterocycles. The number of aryl methyl sites for hydroxylation is 2. The number of benzene rings is 2. The van der Waals surface area contributed by atoms with Crippen molar-refractivity contribution in [3.63, 3.8) is 0 Å². The standard InChI is InChI=1S/C25H27N5O3/c1-5-33-24(32)22-18(4)29(14-21(31)28-20-8-6-7-17(3)13-20)25-26-15-27-30(25)23(22)19-11-9-16(2)10-12-19/h6-13,15,23H,5,14H2,1-4H3,(H,28,31). The van der Waals surface area contributed by atoms with Crippen LogP contribution in [0.2, 0.25) is 0 Å². The van der Waals surface area contributed by atoms with Gasteiger partial charge < -0.3 is 15.0 Å². The van der Waals surface area contributed by atoms with Crippen LogP contribution in [0.25, 0.3) is 0 Å². The number of aromatic nitrogens is 3. The van der Waals surface area contributed by atoms with Crippen molar-refractivity contribution in [1.82, 2.24) is 14.8 Å². The molecule has 1 amide bonds. The topological polar surface area (TPSA) is 89.3 Å². The molecule has 0 saturated carbocycles. The fourth-order valence-corrected chi connectivity index (χ4v) is 4.02. The van der Waals surface area contributed by atoms with Crippen molar-refractivity contribution in [3.05, 3.63) is 82.8 Å². The maximum absolute atomic E-state index is 13.1. The number of anilines is 2. The van der Waals surface area contributed by atoms with Gasteiger partial charge in [0.2, 0.25) is 11.9 Å². The Hall–Kier alpha value is -3.94. The highest BCUT2D eigenvalue weighted by Crippen LogP contribution is 2.38. The Morgan fingerprint density at radius 2 is 1.82 bits per heavy atom. The molecule has 0 fully saturated rings. The van der Waals surface area contributed by atoms with E-state index in [0.717, 1.165) is 16.7 Å². The van der Waals surface area contributed by atoms with Gasteiger partial charge in [-0.3, -0.25) is 4.79 Å². The minimum atomic E-state index is -0.502. The zero-order valence-electron chi connectivity index (χ0n) is 19.2. The van der Waals surface area contributed by atoms with E-state index in [9.17, 15) is 9.59 Å². The molecule has 1 atom stereocenters. The zero-order valence-corrected chi connectivity index (χ0v) is 19.2. The van der Waals surface area contributed by atoms with E-state index in [2.05, 4.69) is 15.4 Å². The van der Waals surface area contributed by atoms with Crippen LogP contribution in [-0.4, -0.2) is 39.8 Å². The van der Waals surface area contributed by atoms with Gasteiger partial charge in [0, 0.05) is 11.4 Å². The first-order chi connectivity index (χ1) is 15.9. The number of esters is 1. The normalized spacial score (nSPS) is 15.3. The smallest absolute Gasteiger partial charge is 0.338 e. The minimum absolute atomic E-state index is 0.0258. The first kappa shape index (κ1) is 22.3. The Bertz CT molecular complexity index is 1210. The molecule has 4 rings (SSSR count). The van der Waals surface area contributed by atoms with E-state index in [4.69, 9.17) is 4.74 Å². The fraction of sp³-hybridized carbons (Fsp3) is 0.280. The summed E-state index contributed by atoms with van der Waals surface area (Å²) in [6.45, 7) is 7.77. The number of amides is 1. The molecule has 0 bridgehead atoms. The summed E-state index contributed by atoms with van der Waals surface area (Å²) in [5, 5.41) is 7.32. The molecule has 0 aliphatic carbocycles. The highest BCUT2D eigenvalue weighted by Gasteiger charge is 2.38. The van der Waals surface area contributed by atoms with E-state index in [1.165, 1.54) is 6.33 Å². The van der Waals surface area contributed by atoms with Crippen LogP contribution in [0.3, 0.4) is 0 Å². The molecule has 33 heavy (non-hydrogen) atoms. The van der Waals surface area contributed by atoms with E-state index in [-0.39, 0.29) is 19.1 Å². The summed E-state index contributed by atoms with van der Waals surface area (Å²) < 4.78 is 7.07. The molecule has 8 nitrogen and oxygen atoms in total. The van der Waals surface area contributed by atoms with Crippen molar-refractivity contribution in [2.75, 3.05) is 23.4 Å². The van der Waals surface area contributed by atoms with Gasteiger partial charge in [-0.1, -0.05) is 42.0 Å². The molecule has 1 aliphatic heterocycles. The van der Waals surface area contributed by atoms with Gasteiger partial charge in [0.05, 0.1) is 12.2 Å². The second-order valence-electron chi connectivity index (χ2n) is 8.04. The highest BCUT2D eigenvalue weighted by atomic mass is 16.5. The Morgan fingerprint density at radius 3 is 2.52 bits per heavy atom. The van der Waals surface area contributed by atoms with Gasteiger partial charge in [0.25, 0.3) is 0 Å². The summed E-state index contributed by atoms with van der Waals surface area (Å²) in [6, 6.07) is 15.0. The average Bonchev–Trinajstić information content (AvgIpc) is 3.25. The largest absolute Gasteiger partial charge is 0.463 e. The molecule has 2 aromatic carbocycles. The summed E-state index contributed by atoms with van der Waals surface area (Å²) in [5.74, 6) is -0.178. The first-order valence-electron chi connectivity index (χ1n) is 10.9. The lowest BCUT2D eigenvalue weighted by molar-refractivity contribution is -0.139. The SMILES string of the molecule is CCOC(=O)C1=C(C)N(CC(=O)Nc2cccc(C)c2)c2ncnn2C1c1ccc(C)cc1. The lowest BCUT2D eigenvalue weighted by atomic mass is 9.94. The van der Waals surface area contributed by atoms with E-state index in [1.54, 1.807) is 16.5 Å². The third-order valence-corrected chi connectivity index (χ3v) is 5.60. The predicted octanol–water partition coefficient (Wildman–Crippen LogP) is 3.78. The Kier molecular flexibility index (Phi) is 6.26. The molecule has 1 N–H and O–H groups in total. The number of rotatable bonds is 6. The van der Waals surface area contributed by atoms with Crippen molar-refractivity contribution < 1.29 is 14.3 Å². The Morgan fingerprint density at radius 1 is 1.06 bits per heavy atom. The summed E-state index contributed by atoms with van der Waals surface area (Å²) in [5.41, 5.74) is 4.80. The van der Waals surface area contributed by atoms with Crippen LogP contribution >= 0.6 is 0 Å². The maximum Gasteiger partial charge on any atom is 0.338 e. The number of allylic oxidation sites excluding steroid dienone is 1. The van der Waals surface area contributed by atoms with Crippen LogP contribution in [-0.2, 0) is 14.3 Å². The van der Waals surface area contributed by atoms with Gasteiger partial charge in [-0.15, -0.1) is 0 Å². The van der Waals surface area contributed by atoms with Crippen molar-refractivity contribution >= 4 is 23.5 Å². The second-order valence-corrected chi connectivity index (χ2v) is 8.04. The molecule has 8 heteroatoms. The first-order valence-corrected chi connectivity index (χ1v) is 10.9. The van der Waals surface area contributed by atoms with Crippen LogP contribution in [0, 0.1) is 13.8 Å². The number of carbonyl (C=O) groups excluding carboxylic acids is 2. The molecule has 1 aromatic heterocycles. The van der Waals surface area contributed by atoms with Gasteiger partial charge in [0.1, 0.15) is 18.9 Å². The number of carbonyl (C=O) groups is 2. The molecule has 1 aliphatic rings. The molecular formula is C25H27N5O3. The molecule has 1 unspecified atom stereocenters. The van der Waals surface area contributed by atoms with Gasteiger partial charge in [-0.05, 0) is 51.0 Å². The van der Waals surface area contributed by atoms with E-state index >= 15 is 0 Å². The number of ether oxygens (including phenoxy) is 1. The Balaban J connectivity index is 1.73. The van der Waals surface area contributed by atoms with Crippen molar-refractivity contribution in [1.29, 1.82) is 0 Å². The maximum atomic E-state index is 13.1. The van der Waals surface area contributed by atoms with Gasteiger partial charge in [-0.25, -0.2) is 9.48 Å². The van der Waals surface area contributed by atoms with Crippen molar-refractivity contribution in [2.45, 2.75) is 33.7 Å². The van der Waals surface area contributed by atoms with Crippen LogP contribution < -0.4 is 10.2 Å². The number of nitrogens with one attached hydrogen (secondary N) is 1. The van der Waals surface area contributed by atoms with Crippen molar-refractivity contribution in [2.24, 2.45) is 0 Å². The molecule has 0 spiro atoms. The van der Waals surface area contributed by atoms with E-state index in [1.807, 2.05) is 69.3 Å². The summed E-state index contributed by atoms with van der Waals surface area (Å²) in [6.07, 6.45) is 1.43. The number of fused-ring (bicyclic) bond motifs is 1. The second kappa shape index (κ2) is 9.28. The third kappa shape index (κ3) is 4.50. The molecule has 2 heterocycles.